The number of esters is 1. The van der Waals surface area contributed by atoms with Crippen molar-refractivity contribution in [3.8, 4) is 0 Å². The van der Waals surface area contributed by atoms with Gasteiger partial charge in [-0.2, -0.15) is 4.99 Å². The number of imidazole rings is 1. The third-order valence-corrected chi connectivity index (χ3v) is 7.49. The molecule has 0 radical (unpaired) electrons. The number of rotatable bonds is 15. The van der Waals surface area contributed by atoms with E-state index in [0.29, 0.717) is 35.6 Å². The van der Waals surface area contributed by atoms with Crippen molar-refractivity contribution in [2.45, 2.75) is 52.5 Å². The summed E-state index contributed by atoms with van der Waals surface area (Å²) in [5.74, 6) is -3.03. The number of nitrogens with two attached hydrogens (primary N) is 1. The Balaban J connectivity index is 0.00000112. The van der Waals surface area contributed by atoms with Gasteiger partial charge >= 0.3 is 24.0 Å². The van der Waals surface area contributed by atoms with Gasteiger partial charge in [0.2, 0.25) is 0 Å². The van der Waals surface area contributed by atoms with Crippen molar-refractivity contribution in [2.24, 2.45) is 17.8 Å². The SMILES string of the molecule is CCCCCCOC(=O)/N=C(/N)c1ccc(NCc2nc3cc(C(=O)N(CCC(=O)OCC)c4ccccn4)ccc3n2C)cc1.O=C(O)C(=O)O. The van der Waals surface area contributed by atoms with Gasteiger partial charge in [0.15, 0.2) is 0 Å². The van der Waals surface area contributed by atoms with Crippen molar-refractivity contribution in [3.63, 3.8) is 0 Å². The summed E-state index contributed by atoms with van der Waals surface area (Å²) in [5.41, 5.74) is 9.40. The number of hydrogen-bond donors (Lipinski definition) is 4. The van der Waals surface area contributed by atoms with Crippen LogP contribution in [0.3, 0.4) is 0 Å². The Morgan fingerprint density at radius 2 is 1.63 bits per heavy atom. The predicted molar refractivity (Wildman–Crippen MR) is 193 cm³/mol. The van der Waals surface area contributed by atoms with Gasteiger partial charge < -0.3 is 35.3 Å². The molecule has 0 aliphatic rings. The van der Waals surface area contributed by atoms with Gasteiger partial charge in [-0.25, -0.2) is 24.4 Å². The number of fused-ring (bicyclic) bond motifs is 1. The minimum atomic E-state index is -1.82. The second kappa shape index (κ2) is 20.4. The highest BCUT2D eigenvalue weighted by atomic mass is 16.5. The third-order valence-electron chi connectivity index (χ3n) is 7.49. The third kappa shape index (κ3) is 12.2. The van der Waals surface area contributed by atoms with E-state index in [2.05, 4.69) is 22.2 Å². The number of hydrogen-bond acceptors (Lipinski definition) is 10. The molecule has 2 aromatic heterocycles. The van der Waals surface area contributed by atoms with Gasteiger partial charge in [0.25, 0.3) is 5.91 Å². The Labute approximate surface area is 300 Å². The van der Waals surface area contributed by atoms with Crippen LogP contribution in [0, 0.1) is 0 Å². The lowest BCUT2D eigenvalue weighted by Crippen LogP contribution is -2.34. The van der Waals surface area contributed by atoms with Gasteiger partial charge in [0, 0.05) is 36.6 Å². The van der Waals surface area contributed by atoms with Crippen LogP contribution in [0.15, 0.2) is 71.9 Å². The number of ether oxygens (including phenoxy) is 2. The monoisotopic (exact) mass is 717 g/mol. The fourth-order valence-corrected chi connectivity index (χ4v) is 4.79. The number of carboxylic acid groups (broad SMARTS) is 2. The van der Waals surface area contributed by atoms with Gasteiger partial charge in [0.1, 0.15) is 17.5 Å². The number of carboxylic acids is 2. The van der Waals surface area contributed by atoms with Crippen molar-refractivity contribution in [3.05, 3.63) is 83.8 Å². The first-order valence-corrected chi connectivity index (χ1v) is 16.6. The lowest BCUT2D eigenvalue weighted by Gasteiger charge is -2.21. The summed E-state index contributed by atoms with van der Waals surface area (Å²) in [6, 6.07) is 17.9. The molecule has 2 amide bonds. The summed E-state index contributed by atoms with van der Waals surface area (Å²) in [5, 5.41) is 18.1. The second-order valence-electron chi connectivity index (χ2n) is 11.2. The van der Waals surface area contributed by atoms with Gasteiger partial charge in [-0.3, -0.25) is 14.5 Å². The number of carbonyl (C=O) groups excluding carboxylic acids is 3. The average molecular weight is 718 g/mol. The summed E-state index contributed by atoms with van der Waals surface area (Å²) >= 11 is 0. The number of nitrogens with one attached hydrogen (secondary N) is 1. The molecule has 4 aromatic rings. The van der Waals surface area contributed by atoms with Crippen molar-refractivity contribution in [2.75, 3.05) is 30.0 Å². The summed E-state index contributed by atoms with van der Waals surface area (Å²) < 4.78 is 12.1. The zero-order valence-electron chi connectivity index (χ0n) is 29.3. The summed E-state index contributed by atoms with van der Waals surface area (Å²) in [4.78, 5) is 70.2. The van der Waals surface area contributed by atoms with Gasteiger partial charge in [-0.15, -0.1) is 0 Å². The number of aliphatic carboxylic acids is 2. The molecule has 52 heavy (non-hydrogen) atoms. The highest BCUT2D eigenvalue weighted by Crippen LogP contribution is 2.21. The molecule has 0 unspecified atom stereocenters. The molecular formula is C36H43N7O9. The molecule has 4 rings (SSSR count). The number of benzene rings is 2. The number of amides is 2. The Bertz CT molecular complexity index is 1850. The van der Waals surface area contributed by atoms with E-state index in [1.54, 1.807) is 55.6 Å². The van der Waals surface area contributed by atoms with Crippen LogP contribution in [0.5, 0.6) is 0 Å². The van der Waals surface area contributed by atoms with E-state index >= 15 is 0 Å². The normalized spacial score (nSPS) is 10.9. The van der Waals surface area contributed by atoms with E-state index in [4.69, 9.17) is 40.0 Å². The first kappa shape index (κ1) is 40.1. The molecule has 0 saturated carbocycles. The fourth-order valence-electron chi connectivity index (χ4n) is 4.79. The number of aromatic nitrogens is 3. The van der Waals surface area contributed by atoms with Crippen LogP contribution in [0.2, 0.25) is 0 Å². The smallest absolute Gasteiger partial charge is 0.435 e. The Morgan fingerprint density at radius 3 is 2.27 bits per heavy atom. The number of amidine groups is 1. The maximum absolute atomic E-state index is 13.6. The lowest BCUT2D eigenvalue weighted by atomic mass is 10.1. The van der Waals surface area contributed by atoms with Gasteiger partial charge in [-0.1, -0.05) is 32.3 Å². The number of nitrogens with zero attached hydrogens (tertiary/aromatic N) is 5. The van der Waals surface area contributed by atoms with Crippen LogP contribution >= 0.6 is 0 Å². The fraction of sp³-hybridized carbons (Fsp3) is 0.333. The van der Waals surface area contributed by atoms with E-state index in [-0.39, 0.29) is 37.3 Å². The zero-order valence-corrected chi connectivity index (χ0v) is 29.3. The molecule has 276 valence electrons. The maximum atomic E-state index is 13.6. The first-order valence-electron chi connectivity index (χ1n) is 16.6. The summed E-state index contributed by atoms with van der Waals surface area (Å²) in [7, 11) is 1.91. The summed E-state index contributed by atoms with van der Waals surface area (Å²) in [6.07, 6.45) is 4.99. The Morgan fingerprint density at radius 1 is 0.923 bits per heavy atom. The van der Waals surface area contributed by atoms with E-state index in [9.17, 15) is 14.4 Å². The molecule has 0 spiro atoms. The molecule has 5 N–H and O–H groups in total. The molecule has 0 saturated heterocycles. The van der Waals surface area contributed by atoms with Crippen molar-refractivity contribution in [1.82, 2.24) is 14.5 Å². The van der Waals surface area contributed by atoms with Gasteiger partial charge in [0.05, 0.1) is 37.2 Å². The van der Waals surface area contributed by atoms with Crippen LogP contribution in [0.25, 0.3) is 11.0 Å². The van der Waals surface area contributed by atoms with E-state index in [1.165, 1.54) is 4.90 Å². The molecule has 0 bridgehead atoms. The molecule has 0 atom stereocenters. The van der Waals surface area contributed by atoms with E-state index < -0.39 is 18.0 Å². The van der Waals surface area contributed by atoms with Crippen LogP contribution in [-0.2, 0) is 37.4 Å². The van der Waals surface area contributed by atoms with Crippen molar-refractivity contribution in [1.29, 1.82) is 0 Å². The van der Waals surface area contributed by atoms with E-state index in [0.717, 1.165) is 42.7 Å². The number of aliphatic imine (C=N–C) groups is 1. The number of pyridine rings is 1. The van der Waals surface area contributed by atoms with Crippen LogP contribution < -0.4 is 16.0 Å². The van der Waals surface area contributed by atoms with Crippen LogP contribution in [0.1, 0.15) is 67.7 Å². The Hall–Kier alpha value is -6.32. The number of carbonyl (C=O) groups is 5. The molecule has 2 aromatic carbocycles. The Kier molecular flexibility index (Phi) is 15.7. The molecule has 0 aliphatic carbocycles. The maximum Gasteiger partial charge on any atom is 0.435 e. The highest BCUT2D eigenvalue weighted by molar-refractivity contribution is 6.27. The standard InChI is InChI=1S/C34H41N7O5.C2H2O4/c1-4-6-7-10-21-46-34(44)39-32(35)24-12-15-26(16-13-24)37-23-30-38-27-22-25(14-17-28(27)40(30)3)33(43)41(20-18-31(42)45-5-2)29-11-8-9-19-36-29;3-1(4)2(5)6/h8-9,11-17,19,22,37H,4-7,10,18,20-21,23H2,1-3H3,(H2,35,39,44);(H,3,4)(H,5,6). The molecule has 16 nitrogen and oxygen atoms in total. The number of anilines is 2. The first-order chi connectivity index (χ1) is 24.9. The lowest BCUT2D eigenvalue weighted by molar-refractivity contribution is -0.159. The molecular weight excluding hydrogens is 674 g/mol. The summed E-state index contributed by atoms with van der Waals surface area (Å²) in [6.45, 7) is 5.02. The predicted octanol–water partition coefficient (Wildman–Crippen LogP) is 4.76. The van der Waals surface area contributed by atoms with Gasteiger partial charge in [-0.05, 0) is 67.9 Å². The largest absolute Gasteiger partial charge is 0.473 e. The quantitative estimate of drug-likeness (QED) is 0.0428. The second-order valence-corrected chi connectivity index (χ2v) is 11.2. The number of unbranched alkanes of at least 4 members (excludes halogenated alkanes) is 3. The molecule has 2 heterocycles. The van der Waals surface area contributed by atoms with Crippen molar-refractivity contribution < 1.29 is 43.7 Å². The van der Waals surface area contributed by atoms with Crippen molar-refractivity contribution >= 4 is 58.3 Å². The van der Waals surface area contributed by atoms with E-state index in [1.807, 2.05) is 29.8 Å². The number of aryl methyl sites for hydroxylation is 1. The average Bonchev–Trinajstić information content (AvgIpc) is 3.45. The minimum Gasteiger partial charge on any atom is -0.473 e. The topological polar surface area (TPSA) is 229 Å². The minimum absolute atomic E-state index is 0.0455. The van der Waals surface area contributed by atoms with Crippen LogP contribution in [-0.4, -0.2) is 80.3 Å². The van der Waals surface area contributed by atoms with Crippen LogP contribution in [0.4, 0.5) is 16.3 Å². The molecule has 16 heteroatoms. The zero-order chi connectivity index (χ0) is 38.0. The molecule has 0 fully saturated rings. The molecule has 0 aliphatic heterocycles. The highest BCUT2D eigenvalue weighted by Gasteiger charge is 2.21.